The van der Waals surface area contributed by atoms with E-state index in [1.54, 1.807) is 35.7 Å². The predicted molar refractivity (Wildman–Crippen MR) is 81.9 cm³/mol. The minimum atomic E-state index is 0.231. The van der Waals surface area contributed by atoms with Crippen LogP contribution in [-0.4, -0.2) is 15.2 Å². The van der Waals surface area contributed by atoms with Crippen molar-refractivity contribution >= 4 is 5.69 Å². The van der Waals surface area contributed by atoms with Gasteiger partial charge in [0.1, 0.15) is 5.75 Å². The monoisotopic (exact) mass is 280 g/mol. The van der Waals surface area contributed by atoms with Gasteiger partial charge in [-0.05, 0) is 47.9 Å². The van der Waals surface area contributed by atoms with E-state index in [0.29, 0.717) is 0 Å². The van der Waals surface area contributed by atoms with E-state index in [2.05, 4.69) is 15.8 Å². The average molecular weight is 280 g/mol. The molecule has 0 fully saturated rings. The third kappa shape index (κ3) is 3.54. The molecule has 5 nitrogen and oxygen atoms in total. The summed E-state index contributed by atoms with van der Waals surface area (Å²) in [6, 6.07) is 11.0. The van der Waals surface area contributed by atoms with Crippen LogP contribution in [0.5, 0.6) is 5.75 Å². The maximum Gasteiger partial charge on any atom is 0.117 e. The normalized spacial score (nSPS) is 13.5. The quantitative estimate of drug-likeness (QED) is 0.803. The fourth-order valence-corrected chi connectivity index (χ4v) is 2.04. The van der Waals surface area contributed by atoms with Crippen molar-refractivity contribution in [1.29, 1.82) is 0 Å². The summed E-state index contributed by atoms with van der Waals surface area (Å²) in [5, 5.41) is 11.2. The molecule has 21 heavy (non-hydrogen) atoms. The Morgan fingerprint density at radius 3 is 2.76 bits per heavy atom. The van der Waals surface area contributed by atoms with Gasteiger partial charge in [-0.1, -0.05) is 6.07 Å². The molecule has 0 atom stereocenters. The van der Waals surface area contributed by atoms with Gasteiger partial charge in [0.25, 0.3) is 0 Å². The summed E-state index contributed by atoms with van der Waals surface area (Å²) in [7, 11) is 0. The van der Waals surface area contributed by atoms with Crippen molar-refractivity contribution in [3.63, 3.8) is 0 Å². The molecule has 0 amide bonds. The third-order valence-corrected chi connectivity index (χ3v) is 3.08. The highest BCUT2D eigenvalue weighted by molar-refractivity contribution is 5.47. The van der Waals surface area contributed by atoms with Crippen LogP contribution in [0.2, 0.25) is 0 Å². The Balaban J connectivity index is 1.58. The number of aromatic hydroxyl groups is 1. The van der Waals surface area contributed by atoms with Crippen LogP contribution >= 0.6 is 0 Å². The highest BCUT2D eigenvalue weighted by atomic mass is 16.3. The SMILES string of the molecule is Oc1cccc(NN2C=CC(Cc3ccncc3)=CN2)c1. The molecule has 0 spiro atoms. The van der Waals surface area contributed by atoms with E-state index in [1.165, 1.54) is 11.1 Å². The Hall–Kier alpha value is -2.95. The minimum Gasteiger partial charge on any atom is -0.508 e. The van der Waals surface area contributed by atoms with E-state index in [4.69, 9.17) is 0 Å². The summed E-state index contributed by atoms with van der Waals surface area (Å²) < 4.78 is 0. The fraction of sp³-hybridized carbons (Fsp3) is 0.0625. The summed E-state index contributed by atoms with van der Waals surface area (Å²) in [4.78, 5) is 4.01. The topological polar surface area (TPSA) is 60.4 Å². The van der Waals surface area contributed by atoms with Gasteiger partial charge >= 0.3 is 0 Å². The standard InChI is InChI=1S/C16H16N4O/c21-16-3-1-2-15(11-16)19-20-9-6-14(12-18-20)10-13-4-7-17-8-5-13/h1-9,11-12,18-19,21H,10H2. The second kappa shape index (κ2) is 6.00. The van der Waals surface area contributed by atoms with Crippen LogP contribution in [0.25, 0.3) is 0 Å². The molecule has 0 bridgehead atoms. The Morgan fingerprint density at radius 1 is 1.19 bits per heavy atom. The number of aromatic nitrogens is 1. The Morgan fingerprint density at radius 2 is 2.05 bits per heavy atom. The molecule has 1 aliphatic rings. The van der Waals surface area contributed by atoms with E-state index in [-0.39, 0.29) is 5.75 Å². The molecule has 0 saturated heterocycles. The maximum atomic E-state index is 9.43. The second-order valence-electron chi connectivity index (χ2n) is 4.73. The summed E-state index contributed by atoms with van der Waals surface area (Å²) in [5.74, 6) is 0.231. The number of nitrogens with one attached hydrogen (secondary N) is 2. The van der Waals surface area contributed by atoms with Gasteiger partial charge in [0.15, 0.2) is 0 Å². The van der Waals surface area contributed by atoms with Gasteiger partial charge in [-0.3, -0.25) is 15.8 Å². The Bertz CT molecular complexity index is 667. The van der Waals surface area contributed by atoms with Crippen molar-refractivity contribution in [3.8, 4) is 5.75 Å². The van der Waals surface area contributed by atoms with Crippen molar-refractivity contribution in [2.24, 2.45) is 0 Å². The zero-order valence-electron chi connectivity index (χ0n) is 11.4. The first-order valence-corrected chi connectivity index (χ1v) is 6.67. The number of benzene rings is 1. The molecule has 0 radical (unpaired) electrons. The number of anilines is 1. The van der Waals surface area contributed by atoms with Crippen molar-refractivity contribution < 1.29 is 5.11 Å². The van der Waals surface area contributed by atoms with Crippen LogP contribution in [0.15, 0.2) is 72.8 Å². The van der Waals surface area contributed by atoms with Gasteiger partial charge < -0.3 is 5.11 Å². The summed E-state index contributed by atoms with van der Waals surface area (Å²) >= 11 is 0. The lowest BCUT2D eigenvalue weighted by molar-refractivity contribution is 0.372. The van der Waals surface area contributed by atoms with Gasteiger partial charge in [-0.2, -0.15) is 0 Å². The maximum absolute atomic E-state index is 9.43. The molecule has 0 saturated carbocycles. The first-order valence-electron chi connectivity index (χ1n) is 6.67. The molecule has 3 rings (SSSR count). The number of phenolic OH excluding ortho intramolecular Hbond substituents is 1. The number of pyridine rings is 1. The molecule has 0 aliphatic carbocycles. The number of rotatable bonds is 4. The Labute approximate surface area is 123 Å². The summed E-state index contributed by atoms with van der Waals surface area (Å²) in [6.45, 7) is 0. The smallest absolute Gasteiger partial charge is 0.117 e. The van der Waals surface area contributed by atoms with Crippen molar-refractivity contribution in [1.82, 2.24) is 15.5 Å². The van der Waals surface area contributed by atoms with Crippen LogP contribution in [0.4, 0.5) is 5.69 Å². The van der Waals surface area contributed by atoms with E-state index < -0.39 is 0 Å². The number of allylic oxidation sites excluding steroid dienone is 2. The second-order valence-corrected chi connectivity index (χ2v) is 4.73. The van der Waals surface area contributed by atoms with E-state index in [1.807, 2.05) is 36.7 Å². The van der Waals surface area contributed by atoms with Crippen molar-refractivity contribution in [2.75, 3.05) is 5.43 Å². The number of hydrazine groups is 2. The lowest BCUT2D eigenvalue weighted by Gasteiger charge is -2.25. The highest BCUT2D eigenvalue weighted by Crippen LogP contribution is 2.17. The predicted octanol–water partition coefficient (Wildman–Crippen LogP) is 2.57. The molecule has 2 heterocycles. The van der Waals surface area contributed by atoms with Gasteiger partial charge in [-0.15, -0.1) is 0 Å². The largest absolute Gasteiger partial charge is 0.508 e. The molecule has 5 heteroatoms. The highest BCUT2D eigenvalue weighted by Gasteiger charge is 2.05. The molecule has 1 aromatic heterocycles. The summed E-state index contributed by atoms with van der Waals surface area (Å²) in [5.41, 5.74) is 9.46. The third-order valence-electron chi connectivity index (χ3n) is 3.08. The molecule has 0 unspecified atom stereocenters. The zero-order valence-corrected chi connectivity index (χ0v) is 11.4. The van der Waals surface area contributed by atoms with Gasteiger partial charge in [-0.25, -0.2) is 5.12 Å². The number of hydrogen-bond acceptors (Lipinski definition) is 5. The van der Waals surface area contributed by atoms with E-state index in [0.717, 1.165) is 12.1 Å². The molecular formula is C16H16N4O. The Kier molecular flexibility index (Phi) is 3.73. The molecule has 3 N–H and O–H groups in total. The first-order chi connectivity index (χ1) is 10.3. The van der Waals surface area contributed by atoms with Crippen molar-refractivity contribution in [3.05, 3.63) is 78.4 Å². The lowest BCUT2D eigenvalue weighted by Crippen LogP contribution is -2.36. The average Bonchev–Trinajstić information content (AvgIpc) is 2.50. The number of nitrogens with zero attached hydrogens (tertiary/aromatic N) is 2. The zero-order chi connectivity index (χ0) is 14.5. The van der Waals surface area contributed by atoms with Crippen LogP contribution in [0, 0.1) is 0 Å². The molecule has 2 aromatic rings. The van der Waals surface area contributed by atoms with Gasteiger partial charge in [0.05, 0.1) is 5.69 Å². The lowest BCUT2D eigenvalue weighted by atomic mass is 10.1. The fourth-order valence-electron chi connectivity index (χ4n) is 2.04. The molecule has 106 valence electrons. The number of phenols is 1. The van der Waals surface area contributed by atoms with E-state index in [9.17, 15) is 5.11 Å². The van der Waals surface area contributed by atoms with Gasteiger partial charge in [0, 0.05) is 30.9 Å². The summed E-state index contributed by atoms with van der Waals surface area (Å²) in [6.07, 6.45) is 10.3. The van der Waals surface area contributed by atoms with Crippen LogP contribution in [0.1, 0.15) is 5.56 Å². The van der Waals surface area contributed by atoms with E-state index >= 15 is 0 Å². The number of hydrogen-bond donors (Lipinski definition) is 3. The molecule has 1 aromatic carbocycles. The van der Waals surface area contributed by atoms with Crippen LogP contribution in [-0.2, 0) is 6.42 Å². The molecular weight excluding hydrogens is 264 g/mol. The van der Waals surface area contributed by atoms with Crippen molar-refractivity contribution in [2.45, 2.75) is 6.42 Å². The van der Waals surface area contributed by atoms with Crippen LogP contribution < -0.4 is 10.9 Å². The molecule has 1 aliphatic heterocycles. The minimum absolute atomic E-state index is 0.231. The van der Waals surface area contributed by atoms with Gasteiger partial charge in [0.2, 0.25) is 0 Å². The first kappa shape index (κ1) is 13.1. The van der Waals surface area contributed by atoms with Crippen LogP contribution in [0.3, 0.4) is 0 Å².